The Balaban J connectivity index is 1.68. The SMILES string of the molecule is Cc1nc(CSc2n[nH]c(-c3ccccc3)n2)cs1. The van der Waals surface area contributed by atoms with Gasteiger partial charge in [0.15, 0.2) is 5.82 Å². The molecule has 3 aromatic rings. The number of benzene rings is 1. The molecule has 0 aliphatic heterocycles. The molecule has 0 spiro atoms. The second kappa shape index (κ2) is 5.54. The van der Waals surface area contributed by atoms with Gasteiger partial charge in [-0.2, -0.15) is 0 Å². The zero-order valence-corrected chi connectivity index (χ0v) is 12.0. The Morgan fingerprint density at radius 2 is 2.05 bits per heavy atom. The predicted molar refractivity (Wildman–Crippen MR) is 78.2 cm³/mol. The zero-order chi connectivity index (χ0) is 13.1. The van der Waals surface area contributed by atoms with Crippen molar-refractivity contribution in [3.8, 4) is 11.4 Å². The molecule has 0 bridgehead atoms. The predicted octanol–water partition coefficient (Wildman–Crippen LogP) is 3.53. The van der Waals surface area contributed by atoms with Crippen LogP contribution in [0.15, 0.2) is 40.9 Å². The van der Waals surface area contributed by atoms with Crippen molar-refractivity contribution in [2.45, 2.75) is 17.8 Å². The molecule has 0 amide bonds. The van der Waals surface area contributed by atoms with Gasteiger partial charge in [-0.3, -0.25) is 5.10 Å². The van der Waals surface area contributed by atoms with Gasteiger partial charge < -0.3 is 0 Å². The third-order valence-corrected chi connectivity index (χ3v) is 4.23. The highest BCUT2D eigenvalue weighted by atomic mass is 32.2. The molecule has 1 aromatic carbocycles. The van der Waals surface area contributed by atoms with Crippen LogP contribution in [0.3, 0.4) is 0 Å². The Labute approximate surface area is 119 Å². The first-order chi connectivity index (χ1) is 9.31. The van der Waals surface area contributed by atoms with E-state index in [-0.39, 0.29) is 0 Å². The number of aryl methyl sites for hydroxylation is 1. The Kier molecular flexibility index (Phi) is 3.61. The molecule has 0 aliphatic rings. The molecule has 2 aromatic heterocycles. The van der Waals surface area contributed by atoms with Gasteiger partial charge in [-0.25, -0.2) is 9.97 Å². The summed E-state index contributed by atoms with van der Waals surface area (Å²) in [6.45, 7) is 2.01. The molecule has 2 heterocycles. The maximum absolute atomic E-state index is 4.47. The summed E-state index contributed by atoms with van der Waals surface area (Å²) >= 11 is 3.26. The Hall–Kier alpha value is -1.66. The van der Waals surface area contributed by atoms with Crippen LogP contribution in [0.1, 0.15) is 10.7 Å². The lowest BCUT2D eigenvalue weighted by atomic mass is 10.2. The molecule has 0 fully saturated rings. The number of thioether (sulfide) groups is 1. The monoisotopic (exact) mass is 288 g/mol. The smallest absolute Gasteiger partial charge is 0.209 e. The lowest BCUT2D eigenvalue weighted by molar-refractivity contribution is 0.972. The molecule has 0 saturated carbocycles. The normalized spacial score (nSPS) is 10.8. The number of aromatic nitrogens is 4. The van der Waals surface area contributed by atoms with Crippen molar-refractivity contribution in [3.05, 3.63) is 46.4 Å². The van der Waals surface area contributed by atoms with Gasteiger partial charge in [-0.05, 0) is 6.92 Å². The van der Waals surface area contributed by atoms with Crippen LogP contribution in [0.4, 0.5) is 0 Å². The van der Waals surface area contributed by atoms with Gasteiger partial charge >= 0.3 is 0 Å². The number of hydrogen-bond donors (Lipinski definition) is 1. The molecule has 3 rings (SSSR count). The van der Waals surface area contributed by atoms with Gasteiger partial charge in [0.05, 0.1) is 10.7 Å². The topological polar surface area (TPSA) is 54.5 Å². The van der Waals surface area contributed by atoms with E-state index in [0.717, 1.165) is 33.0 Å². The minimum absolute atomic E-state index is 0.754. The summed E-state index contributed by atoms with van der Waals surface area (Å²) in [5.41, 5.74) is 2.13. The molecule has 19 heavy (non-hydrogen) atoms. The van der Waals surface area contributed by atoms with E-state index in [4.69, 9.17) is 0 Å². The zero-order valence-electron chi connectivity index (χ0n) is 10.3. The molecule has 96 valence electrons. The Bertz CT molecular complexity index is 660. The Morgan fingerprint density at radius 3 is 2.79 bits per heavy atom. The van der Waals surface area contributed by atoms with E-state index < -0.39 is 0 Å². The van der Waals surface area contributed by atoms with Crippen LogP contribution < -0.4 is 0 Å². The summed E-state index contributed by atoms with van der Waals surface area (Å²) in [5, 5.41) is 11.1. The first-order valence-corrected chi connectivity index (χ1v) is 7.69. The van der Waals surface area contributed by atoms with Crippen molar-refractivity contribution in [1.29, 1.82) is 0 Å². The molecule has 0 radical (unpaired) electrons. The van der Waals surface area contributed by atoms with Gasteiger partial charge in [0, 0.05) is 16.7 Å². The van der Waals surface area contributed by atoms with Crippen molar-refractivity contribution in [2.24, 2.45) is 0 Å². The fourth-order valence-corrected chi connectivity index (χ4v) is 3.06. The van der Waals surface area contributed by atoms with Crippen LogP contribution in [0.25, 0.3) is 11.4 Å². The number of nitrogens with zero attached hydrogens (tertiary/aromatic N) is 3. The van der Waals surface area contributed by atoms with Gasteiger partial charge in [0.1, 0.15) is 0 Å². The highest BCUT2D eigenvalue weighted by Crippen LogP contribution is 2.22. The number of rotatable bonds is 4. The van der Waals surface area contributed by atoms with Crippen molar-refractivity contribution < 1.29 is 0 Å². The molecular weight excluding hydrogens is 276 g/mol. The van der Waals surface area contributed by atoms with Gasteiger partial charge in [0.25, 0.3) is 0 Å². The van der Waals surface area contributed by atoms with Gasteiger partial charge in [-0.1, -0.05) is 42.1 Å². The summed E-state index contributed by atoms with van der Waals surface area (Å²) in [7, 11) is 0. The van der Waals surface area contributed by atoms with Gasteiger partial charge in [0.2, 0.25) is 5.16 Å². The molecule has 0 aliphatic carbocycles. The highest BCUT2D eigenvalue weighted by molar-refractivity contribution is 7.98. The standard InChI is InChI=1S/C13H12N4S2/c1-9-14-11(7-18-9)8-19-13-15-12(16-17-13)10-5-3-2-4-6-10/h2-7H,8H2,1H3,(H,15,16,17). The van der Waals surface area contributed by atoms with E-state index in [9.17, 15) is 0 Å². The Morgan fingerprint density at radius 1 is 1.21 bits per heavy atom. The minimum Gasteiger partial charge on any atom is -0.258 e. The number of hydrogen-bond acceptors (Lipinski definition) is 5. The minimum atomic E-state index is 0.754. The molecular formula is C13H12N4S2. The maximum Gasteiger partial charge on any atom is 0.209 e. The summed E-state index contributed by atoms with van der Waals surface area (Å²) in [6, 6.07) is 9.99. The van der Waals surface area contributed by atoms with Crippen LogP contribution in [0, 0.1) is 6.92 Å². The number of thiazole rings is 1. The number of nitrogens with one attached hydrogen (secondary N) is 1. The van der Waals surface area contributed by atoms with E-state index in [1.807, 2.05) is 37.3 Å². The second-order valence-corrected chi connectivity index (χ2v) is 5.98. The summed E-state index contributed by atoms with van der Waals surface area (Å²) < 4.78 is 0. The van der Waals surface area contributed by atoms with Crippen molar-refractivity contribution >= 4 is 23.1 Å². The molecule has 6 heteroatoms. The first kappa shape index (κ1) is 12.4. The van der Waals surface area contributed by atoms with E-state index >= 15 is 0 Å². The lowest BCUT2D eigenvalue weighted by Crippen LogP contribution is -1.82. The van der Waals surface area contributed by atoms with Crippen LogP contribution in [0.5, 0.6) is 0 Å². The van der Waals surface area contributed by atoms with Crippen molar-refractivity contribution in [2.75, 3.05) is 0 Å². The van der Waals surface area contributed by atoms with E-state index in [2.05, 4.69) is 25.5 Å². The molecule has 0 saturated heterocycles. The third-order valence-electron chi connectivity index (χ3n) is 2.53. The fraction of sp³-hybridized carbons (Fsp3) is 0.154. The number of aromatic amines is 1. The summed E-state index contributed by atoms with van der Waals surface area (Å²) in [4.78, 5) is 8.90. The average Bonchev–Trinajstić information content (AvgIpc) is 3.06. The highest BCUT2D eigenvalue weighted by Gasteiger charge is 2.07. The molecule has 4 nitrogen and oxygen atoms in total. The van der Waals surface area contributed by atoms with E-state index in [1.54, 1.807) is 23.1 Å². The quantitative estimate of drug-likeness (QED) is 0.746. The lowest BCUT2D eigenvalue weighted by Gasteiger charge is -1.93. The largest absolute Gasteiger partial charge is 0.258 e. The molecule has 0 atom stereocenters. The average molecular weight is 288 g/mol. The van der Waals surface area contributed by atoms with Crippen LogP contribution in [-0.2, 0) is 5.75 Å². The van der Waals surface area contributed by atoms with Crippen molar-refractivity contribution in [3.63, 3.8) is 0 Å². The first-order valence-electron chi connectivity index (χ1n) is 5.83. The van der Waals surface area contributed by atoms with Crippen LogP contribution in [-0.4, -0.2) is 20.2 Å². The second-order valence-electron chi connectivity index (χ2n) is 3.98. The summed E-state index contributed by atoms with van der Waals surface area (Å²) in [6.07, 6.45) is 0. The third kappa shape index (κ3) is 3.02. The molecule has 0 unspecified atom stereocenters. The van der Waals surface area contributed by atoms with Crippen molar-refractivity contribution in [1.82, 2.24) is 20.2 Å². The maximum atomic E-state index is 4.47. The van der Waals surface area contributed by atoms with Crippen LogP contribution in [0.2, 0.25) is 0 Å². The number of H-pyrrole nitrogens is 1. The summed E-state index contributed by atoms with van der Waals surface area (Å²) in [5.74, 6) is 1.61. The molecule has 1 N–H and O–H groups in total. The van der Waals surface area contributed by atoms with E-state index in [0.29, 0.717) is 0 Å². The fourth-order valence-electron chi connectivity index (χ4n) is 1.65. The van der Waals surface area contributed by atoms with E-state index in [1.165, 1.54) is 0 Å². The van der Waals surface area contributed by atoms with Gasteiger partial charge in [-0.15, -0.1) is 16.4 Å². The van der Waals surface area contributed by atoms with Crippen LogP contribution >= 0.6 is 23.1 Å².